The summed E-state index contributed by atoms with van der Waals surface area (Å²) in [5.41, 5.74) is 0.919. The molecule has 0 saturated carbocycles. The summed E-state index contributed by atoms with van der Waals surface area (Å²) in [7, 11) is 0. The fourth-order valence-electron chi connectivity index (χ4n) is 2.18. The average molecular weight is 346 g/mol. The third-order valence-corrected chi connectivity index (χ3v) is 4.37. The quantitative estimate of drug-likeness (QED) is 0.613. The first-order valence-corrected chi connectivity index (χ1v) is 8.52. The molecule has 2 heterocycles. The van der Waals surface area contributed by atoms with Crippen molar-refractivity contribution < 1.29 is 19.1 Å². The Labute approximate surface area is 143 Å². The van der Waals surface area contributed by atoms with Gasteiger partial charge in [-0.15, -0.1) is 11.3 Å². The van der Waals surface area contributed by atoms with Crippen LogP contribution >= 0.6 is 11.3 Å². The predicted molar refractivity (Wildman–Crippen MR) is 92.2 cm³/mol. The Balaban J connectivity index is 1.57. The van der Waals surface area contributed by atoms with E-state index in [1.54, 1.807) is 12.1 Å². The number of thiazole rings is 1. The maximum atomic E-state index is 12.0. The SMILES string of the molecule is O=C(NCCCOCCO)c1ccc(-c2nc3ccccc3s2)o1. The molecule has 1 aromatic carbocycles. The lowest BCUT2D eigenvalue weighted by Crippen LogP contribution is -2.24. The number of hydrogen-bond donors (Lipinski definition) is 2. The zero-order valence-corrected chi connectivity index (χ0v) is 13.8. The zero-order chi connectivity index (χ0) is 16.8. The van der Waals surface area contributed by atoms with Gasteiger partial charge in [-0.25, -0.2) is 4.98 Å². The first kappa shape index (κ1) is 16.6. The van der Waals surface area contributed by atoms with Crippen molar-refractivity contribution in [1.29, 1.82) is 0 Å². The van der Waals surface area contributed by atoms with Gasteiger partial charge in [-0.2, -0.15) is 0 Å². The van der Waals surface area contributed by atoms with Crippen LogP contribution in [0.25, 0.3) is 21.0 Å². The van der Waals surface area contributed by atoms with E-state index >= 15 is 0 Å². The molecule has 0 aliphatic rings. The summed E-state index contributed by atoms with van der Waals surface area (Å²) in [6.07, 6.45) is 0.678. The van der Waals surface area contributed by atoms with Crippen molar-refractivity contribution in [1.82, 2.24) is 10.3 Å². The smallest absolute Gasteiger partial charge is 0.287 e. The first-order chi connectivity index (χ1) is 11.8. The fourth-order valence-corrected chi connectivity index (χ4v) is 3.11. The molecule has 0 bridgehead atoms. The van der Waals surface area contributed by atoms with Gasteiger partial charge in [-0.3, -0.25) is 4.79 Å². The van der Waals surface area contributed by atoms with Gasteiger partial charge in [-0.05, 0) is 30.7 Å². The molecule has 2 N–H and O–H groups in total. The molecule has 0 radical (unpaired) electrons. The number of hydrogen-bond acceptors (Lipinski definition) is 6. The van der Waals surface area contributed by atoms with E-state index in [0.717, 1.165) is 15.2 Å². The van der Waals surface area contributed by atoms with Gasteiger partial charge in [0.1, 0.15) is 0 Å². The average Bonchev–Trinajstić information content (AvgIpc) is 3.24. The van der Waals surface area contributed by atoms with Crippen LogP contribution in [0.1, 0.15) is 17.0 Å². The lowest BCUT2D eigenvalue weighted by molar-refractivity contribution is 0.0856. The lowest BCUT2D eigenvalue weighted by Gasteiger charge is -2.03. The van der Waals surface area contributed by atoms with E-state index in [4.69, 9.17) is 14.3 Å². The summed E-state index contributed by atoms with van der Waals surface area (Å²) in [6, 6.07) is 11.3. The molecule has 126 valence electrons. The Morgan fingerprint density at radius 2 is 2.12 bits per heavy atom. The monoisotopic (exact) mass is 346 g/mol. The topological polar surface area (TPSA) is 84.6 Å². The third kappa shape index (κ3) is 4.00. The van der Waals surface area contributed by atoms with Gasteiger partial charge in [0.2, 0.25) is 0 Å². The van der Waals surface area contributed by atoms with Crippen LogP contribution in [0.3, 0.4) is 0 Å². The van der Waals surface area contributed by atoms with Crippen LogP contribution in [0.5, 0.6) is 0 Å². The molecule has 3 aromatic rings. The second-order valence-corrected chi connectivity index (χ2v) is 6.13. The Morgan fingerprint density at radius 3 is 2.96 bits per heavy atom. The van der Waals surface area contributed by atoms with Gasteiger partial charge in [-0.1, -0.05) is 12.1 Å². The summed E-state index contributed by atoms with van der Waals surface area (Å²) >= 11 is 1.53. The van der Waals surface area contributed by atoms with Crippen LogP contribution in [-0.4, -0.2) is 42.4 Å². The molecule has 0 spiro atoms. The van der Waals surface area contributed by atoms with Crippen molar-refractivity contribution in [2.45, 2.75) is 6.42 Å². The van der Waals surface area contributed by atoms with Gasteiger partial charge in [0.05, 0.1) is 23.4 Å². The number of aromatic nitrogens is 1. The van der Waals surface area contributed by atoms with Crippen molar-refractivity contribution >= 4 is 27.5 Å². The van der Waals surface area contributed by atoms with Crippen LogP contribution in [0.2, 0.25) is 0 Å². The molecule has 1 amide bonds. The van der Waals surface area contributed by atoms with E-state index in [2.05, 4.69) is 10.3 Å². The molecule has 3 rings (SSSR count). The number of ether oxygens (including phenoxy) is 1. The molecule has 6 nitrogen and oxygen atoms in total. The van der Waals surface area contributed by atoms with Crippen molar-refractivity contribution in [3.8, 4) is 10.8 Å². The molecule has 0 aliphatic carbocycles. The summed E-state index contributed by atoms with van der Waals surface area (Å²) in [4.78, 5) is 16.6. The minimum Gasteiger partial charge on any atom is -0.448 e. The number of nitrogens with zero attached hydrogens (tertiary/aromatic N) is 1. The van der Waals surface area contributed by atoms with Gasteiger partial charge in [0.15, 0.2) is 16.5 Å². The molecule has 24 heavy (non-hydrogen) atoms. The molecule has 0 saturated heterocycles. The third-order valence-electron chi connectivity index (χ3n) is 3.32. The number of carbonyl (C=O) groups excluding carboxylic acids is 1. The standard InChI is InChI=1S/C17H18N2O4S/c20-9-11-22-10-3-8-18-16(21)13-6-7-14(23-13)17-19-12-4-1-2-5-15(12)24-17/h1-2,4-7,20H,3,8-11H2,(H,18,21). The summed E-state index contributed by atoms with van der Waals surface area (Å²) in [5, 5.41) is 12.1. The number of rotatable bonds is 8. The van der Waals surface area contributed by atoms with E-state index < -0.39 is 0 Å². The van der Waals surface area contributed by atoms with E-state index in [-0.39, 0.29) is 18.3 Å². The number of fused-ring (bicyclic) bond motifs is 1. The normalized spacial score (nSPS) is 11.0. The minimum atomic E-state index is -0.260. The maximum absolute atomic E-state index is 12.0. The van der Waals surface area contributed by atoms with Gasteiger partial charge >= 0.3 is 0 Å². The van der Waals surface area contributed by atoms with Crippen LogP contribution in [-0.2, 0) is 4.74 Å². The molecule has 2 aromatic heterocycles. The molecule has 0 fully saturated rings. The Morgan fingerprint density at radius 1 is 1.25 bits per heavy atom. The van der Waals surface area contributed by atoms with Crippen LogP contribution in [0.15, 0.2) is 40.8 Å². The van der Waals surface area contributed by atoms with Gasteiger partial charge in [0.25, 0.3) is 5.91 Å². The first-order valence-electron chi connectivity index (χ1n) is 7.70. The van der Waals surface area contributed by atoms with E-state index in [0.29, 0.717) is 31.9 Å². The number of aliphatic hydroxyl groups excluding tert-OH is 1. The van der Waals surface area contributed by atoms with Crippen molar-refractivity contribution in [3.63, 3.8) is 0 Å². The second-order valence-electron chi connectivity index (χ2n) is 5.10. The molecule has 0 aliphatic heterocycles. The predicted octanol–water partition coefficient (Wildman–Crippen LogP) is 2.69. The second kappa shape index (κ2) is 8.05. The Hall–Kier alpha value is -2.22. The summed E-state index contributed by atoms with van der Waals surface area (Å²) in [5.74, 6) is 0.595. The highest BCUT2D eigenvalue weighted by molar-refractivity contribution is 7.21. The van der Waals surface area contributed by atoms with Gasteiger partial charge < -0.3 is 19.6 Å². The highest BCUT2D eigenvalue weighted by Crippen LogP contribution is 2.31. The lowest BCUT2D eigenvalue weighted by atomic mass is 10.3. The van der Waals surface area contributed by atoms with Gasteiger partial charge in [0, 0.05) is 13.2 Å². The summed E-state index contributed by atoms with van der Waals surface area (Å²) in [6.45, 7) is 1.31. The maximum Gasteiger partial charge on any atom is 0.287 e. The minimum absolute atomic E-state index is 0.00724. The molecular formula is C17H18N2O4S. The van der Waals surface area contributed by atoms with Crippen LogP contribution in [0.4, 0.5) is 0 Å². The highest BCUT2D eigenvalue weighted by Gasteiger charge is 2.14. The van der Waals surface area contributed by atoms with Crippen molar-refractivity contribution in [2.75, 3.05) is 26.4 Å². The Kier molecular flexibility index (Phi) is 5.58. The van der Waals surface area contributed by atoms with E-state index in [9.17, 15) is 4.79 Å². The number of nitrogens with one attached hydrogen (secondary N) is 1. The van der Waals surface area contributed by atoms with Crippen molar-refractivity contribution in [3.05, 3.63) is 42.2 Å². The van der Waals surface area contributed by atoms with Crippen LogP contribution < -0.4 is 5.32 Å². The number of furan rings is 1. The van der Waals surface area contributed by atoms with Crippen molar-refractivity contribution in [2.24, 2.45) is 0 Å². The molecule has 0 unspecified atom stereocenters. The highest BCUT2D eigenvalue weighted by atomic mass is 32.1. The van der Waals surface area contributed by atoms with E-state index in [1.165, 1.54) is 11.3 Å². The number of carbonyl (C=O) groups is 1. The largest absolute Gasteiger partial charge is 0.448 e. The number of benzene rings is 1. The number of aliphatic hydroxyl groups is 1. The Bertz CT molecular complexity index is 779. The number of para-hydroxylation sites is 1. The van der Waals surface area contributed by atoms with Crippen LogP contribution in [0, 0.1) is 0 Å². The van der Waals surface area contributed by atoms with E-state index in [1.807, 2.05) is 24.3 Å². The zero-order valence-electron chi connectivity index (χ0n) is 13.0. The fraction of sp³-hybridized carbons (Fsp3) is 0.294. The number of amides is 1. The molecule has 7 heteroatoms. The molecule has 0 atom stereocenters. The molecular weight excluding hydrogens is 328 g/mol. The summed E-state index contributed by atoms with van der Waals surface area (Å²) < 4.78 is 11.8.